The lowest BCUT2D eigenvalue weighted by atomic mass is 9.74. The van der Waals surface area contributed by atoms with E-state index in [2.05, 4.69) is 41.7 Å². The van der Waals surface area contributed by atoms with Crippen molar-refractivity contribution >= 4 is 11.8 Å². The van der Waals surface area contributed by atoms with Crippen LogP contribution in [0.1, 0.15) is 37.7 Å². The van der Waals surface area contributed by atoms with Gasteiger partial charge in [0.25, 0.3) is 0 Å². The molecule has 3 atom stereocenters. The third-order valence-electron chi connectivity index (χ3n) is 6.14. The summed E-state index contributed by atoms with van der Waals surface area (Å²) in [4.78, 5) is 26.4. The number of carbonyl (C=O) groups is 2. The van der Waals surface area contributed by atoms with Crippen LogP contribution in [0.4, 0.5) is 0 Å². The summed E-state index contributed by atoms with van der Waals surface area (Å²) in [7, 11) is 0. The number of likely N-dealkylation sites (tertiary alicyclic amines) is 1. The van der Waals surface area contributed by atoms with Crippen LogP contribution in [-0.4, -0.2) is 47.1 Å². The van der Waals surface area contributed by atoms with Crippen LogP contribution in [-0.2, 0) is 9.59 Å². The largest absolute Gasteiger partial charge is 0.394 e. The minimum Gasteiger partial charge on any atom is -0.394 e. The molecule has 29 heavy (non-hydrogen) atoms. The van der Waals surface area contributed by atoms with Crippen molar-refractivity contribution in [2.24, 2.45) is 5.92 Å². The quantitative estimate of drug-likeness (QED) is 0.761. The normalized spacial score (nSPS) is 23.4. The van der Waals surface area contributed by atoms with E-state index in [9.17, 15) is 14.7 Å². The fourth-order valence-corrected chi connectivity index (χ4v) is 4.36. The molecule has 2 amide bonds. The highest BCUT2D eigenvalue weighted by atomic mass is 16.3. The molecule has 0 bridgehead atoms. The molecule has 1 saturated heterocycles. The molecule has 4 rings (SSSR count). The number of nitrogens with one attached hydrogen (secondary N) is 1. The molecule has 1 heterocycles. The van der Waals surface area contributed by atoms with E-state index in [0.717, 1.165) is 29.5 Å². The van der Waals surface area contributed by atoms with Crippen molar-refractivity contribution in [1.82, 2.24) is 10.2 Å². The first-order chi connectivity index (χ1) is 14.1. The average Bonchev–Trinajstić information content (AvgIpc) is 3.59. The van der Waals surface area contributed by atoms with Crippen molar-refractivity contribution in [2.75, 3.05) is 13.2 Å². The predicted octanol–water partition coefficient (Wildman–Crippen LogP) is 2.95. The Labute approximate surface area is 171 Å². The number of nitrogens with zero attached hydrogens (tertiary/aromatic N) is 1. The fraction of sp³-hybridized carbons (Fsp3) is 0.417. The summed E-state index contributed by atoms with van der Waals surface area (Å²) in [6.45, 7) is 2.17. The van der Waals surface area contributed by atoms with Crippen LogP contribution < -0.4 is 5.32 Å². The number of aliphatic hydroxyl groups excluding tert-OH is 1. The molecular formula is C24H28N2O3. The maximum Gasteiger partial charge on any atom is 0.226 e. The molecule has 1 aliphatic carbocycles. The van der Waals surface area contributed by atoms with Crippen molar-refractivity contribution in [3.05, 3.63) is 60.2 Å². The summed E-state index contributed by atoms with van der Waals surface area (Å²) in [5, 5.41) is 13.0. The van der Waals surface area contributed by atoms with Gasteiger partial charge in [0.2, 0.25) is 11.8 Å². The topological polar surface area (TPSA) is 69.6 Å². The number of carbonyl (C=O) groups excluding carboxylic acids is 2. The standard InChI is InChI=1S/C24H28N2O3/c1-2-22(28)25-14-20-23(21(15-27)26(20)24(29)19-12-13-19)18-10-8-17(9-11-18)16-6-4-3-5-7-16/h3-11,19-21,23,27H,2,12-15H2,1H3,(H,25,28)/t20-,21-,23+/m1/s1. The van der Waals surface area contributed by atoms with Gasteiger partial charge in [-0.15, -0.1) is 0 Å². The summed E-state index contributed by atoms with van der Waals surface area (Å²) >= 11 is 0. The minimum atomic E-state index is -0.228. The zero-order chi connectivity index (χ0) is 20.4. The van der Waals surface area contributed by atoms with Crippen molar-refractivity contribution in [2.45, 2.75) is 44.2 Å². The van der Waals surface area contributed by atoms with Gasteiger partial charge >= 0.3 is 0 Å². The fourth-order valence-electron chi connectivity index (χ4n) is 4.36. The molecule has 5 heteroatoms. The summed E-state index contributed by atoms with van der Waals surface area (Å²) in [5.74, 6) is 0.214. The first-order valence-electron chi connectivity index (χ1n) is 10.5. The van der Waals surface area contributed by atoms with E-state index in [1.54, 1.807) is 0 Å². The van der Waals surface area contributed by atoms with Gasteiger partial charge in [-0.25, -0.2) is 0 Å². The first-order valence-corrected chi connectivity index (χ1v) is 10.5. The van der Waals surface area contributed by atoms with Crippen LogP contribution in [0.15, 0.2) is 54.6 Å². The summed E-state index contributed by atoms with van der Waals surface area (Å²) in [6.07, 6.45) is 2.28. The number of amides is 2. The van der Waals surface area contributed by atoms with Gasteiger partial charge in [0.15, 0.2) is 0 Å². The molecular weight excluding hydrogens is 364 g/mol. The summed E-state index contributed by atoms with van der Waals surface area (Å²) in [6, 6.07) is 18.2. The van der Waals surface area contributed by atoms with E-state index in [0.29, 0.717) is 13.0 Å². The minimum absolute atomic E-state index is 0.0182. The zero-order valence-corrected chi connectivity index (χ0v) is 16.8. The number of benzene rings is 2. The van der Waals surface area contributed by atoms with E-state index >= 15 is 0 Å². The molecule has 0 spiro atoms. The van der Waals surface area contributed by atoms with E-state index in [-0.39, 0.29) is 42.3 Å². The second kappa shape index (κ2) is 8.37. The molecule has 2 aromatic carbocycles. The monoisotopic (exact) mass is 392 g/mol. The van der Waals surface area contributed by atoms with Crippen molar-refractivity contribution in [1.29, 1.82) is 0 Å². The zero-order valence-electron chi connectivity index (χ0n) is 16.8. The second-order valence-corrected chi connectivity index (χ2v) is 8.01. The number of hydrogen-bond donors (Lipinski definition) is 2. The Kier molecular flexibility index (Phi) is 5.67. The van der Waals surface area contributed by atoms with E-state index < -0.39 is 0 Å². The van der Waals surface area contributed by atoms with Crippen LogP contribution >= 0.6 is 0 Å². The molecule has 0 radical (unpaired) electrons. The summed E-state index contributed by atoms with van der Waals surface area (Å²) < 4.78 is 0. The van der Waals surface area contributed by atoms with Crippen molar-refractivity contribution in [3.63, 3.8) is 0 Å². The molecule has 152 valence electrons. The SMILES string of the molecule is CCC(=O)NC[C@@H]1[C@H](c2ccc(-c3ccccc3)cc2)[C@@H](CO)N1C(=O)C1CC1. The lowest BCUT2D eigenvalue weighted by Gasteiger charge is -2.55. The maximum atomic E-state index is 12.8. The number of aliphatic hydroxyl groups is 1. The van der Waals surface area contributed by atoms with Gasteiger partial charge in [-0.2, -0.15) is 0 Å². The van der Waals surface area contributed by atoms with E-state index in [4.69, 9.17) is 0 Å². The third-order valence-corrected chi connectivity index (χ3v) is 6.14. The van der Waals surface area contributed by atoms with E-state index in [1.165, 1.54) is 0 Å². The van der Waals surface area contributed by atoms with Crippen molar-refractivity contribution in [3.8, 4) is 11.1 Å². The highest BCUT2D eigenvalue weighted by molar-refractivity contribution is 5.83. The number of rotatable bonds is 7. The van der Waals surface area contributed by atoms with Crippen LogP contribution in [0, 0.1) is 5.92 Å². The first kappa shape index (κ1) is 19.6. The molecule has 1 aliphatic heterocycles. The van der Waals surface area contributed by atoms with Crippen LogP contribution in [0.25, 0.3) is 11.1 Å². The van der Waals surface area contributed by atoms with Crippen LogP contribution in [0.2, 0.25) is 0 Å². The van der Waals surface area contributed by atoms with Gasteiger partial charge in [0.1, 0.15) is 0 Å². The molecule has 2 aliphatic rings. The van der Waals surface area contributed by atoms with Crippen LogP contribution in [0.5, 0.6) is 0 Å². The maximum absolute atomic E-state index is 12.8. The number of hydrogen-bond acceptors (Lipinski definition) is 3. The lowest BCUT2D eigenvalue weighted by Crippen LogP contribution is -2.68. The van der Waals surface area contributed by atoms with Gasteiger partial charge in [-0.1, -0.05) is 61.5 Å². The lowest BCUT2D eigenvalue weighted by molar-refractivity contribution is -0.152. The summed E-state index contributed by atoms with van der Waals surface area (Å²) in [5.41, 5.74) is 3.39. The van der Waals surface area contributed by atoms with Gasteiger partial charge in [-0.05, 0) is 29.5 Å². The van der Waals surface area contributed by atoms with Crippen LogP contribution in [0.3, 0.4) is 0 Å². The molecule has 2 aromatic rings. The average molecular weight is 392 g/mol. The molecule has 0 aromatic heterocycles. The molecule has 1 saturated carbocycles. The Morgan fingerprint density at radius 1 is 1.00 bits per heavy atom. The van der Waals surface area contributed by atoms with Crippen molar-refractivity contribution < 1.29 is 14.7 Å². The highest BCUT2D eigenvalue weighted by Gasteiger charge is 2.53. The molecule has 5 nitrogen and oxygen atoms in total. The Bertz CT molecular complexity index is 861. The van der Waals surface area contributed by atoms with Gasteiger partial charge in [0.05, 0.1) is 18.7 Å². The smallest absolute Gasteiger partial charge is 0.226 e. The molecule has 2 fully saturated rings. The predicted molar refractivity (Wildman–Crippen MR) is 112 cm³/mol. The van der Waals surface area contributed by atoms with Gasteiger partial charge < -0.3 is 15.3 Å². The second-order valence-electron chi connectivity index (χ2n) is 8.01. The Balaban J connectivity index is 1.57. The molecule has 2 N–H and O–H groups in total. The highest BCUT2D eigenvalue weighted by Crippen LogP contribution is 2.44. The Morgan fingerprint density at radius 2 is 1.66 bits per heavy atom. The van der Waals surface area contributed by atoms with Gasteiger partial charge in [0, 0.05) is 24.8 Å². The Morgan fingerprint density at radius 3 is 2.24 bits per heavy atom. The Hall–Kier alpha value is -2.66. The van der Waals surface area contributed by atoms with Gasteiger partial charge in [-0.3, -0.25) is 9.59 Å². The van der Waals surface area contributed by atoms with E-state index in [1.807, 2.05) is 30.0 Å². The third kappa shape index (κ3) is 3.92. The molecule has 0 unspecified atom stereocenters.